The quantitative estimate of drug-likeness (QED) is 0.0592. The monoisotopic (exact) mass is 643 g/mol. The van der Waals surface area contributed by atoms with E-state index in [0.29, 0.717) is 19.3 Å². The van der Waals surface area contributed by atoms with Gasteiger partial charge in [0.05, 0.1) is 6.10 Å². The van der Waals surface area contributed by atoms with Crippen molar-refractivity contribution < 1.29 is 49.2 Å². The lowest BCUT2D eigenvalue weighted by atomic mass is 9.89. The molecule has 44 heavy (non-hydrogen) atoms. The molecule has 2 unspecified atom stereocenters. The van der Waals surface area contributed by atoms with Crippen molar-refractivity contribution >= 4 is 47.3 Å². The molecule has 0 aromatic carbocycles. The number of aliphatic hydroxyl groups is 1. The Bertz CT molecular complexity index is 992. The second-order valence-corrected chi connectivity index (χ2v) is 12.5. The van der Waals surface area contributed by atoms with Crippen LogP contribution in [0.25, 0.3) is 0 Å². The third-order valence-electron chi connectivity index (χ3n) is 7.57. The van der Waals surface area contributed by atoms with E-state index in [1.165, 1.54) is 11.8 Å². The van der Waals surface area contributed by atoms with Gasteiger partial charge in [-0.3, -0.25) is 28.8 Å². The molecule has 13 nitrogen and oxygen atoms in total. The smallest absolute Gasteiger partial charge is 0.322 e. The Morgan fingerprint density at radius 1 is 0.977 bits per heavy atom. The van der Waals surface area contributed by atoms with E-state index >= 15 is 0 Å². The lowest BCUT2D eigenvalue weighted by molar-refractivity contribution is -0.139. The van der Waals surface area contributed by atoms with Crippen LogP contribution in [0.5, 0.6) is 0 Å². The number of nitrogens with one attached hydrogen (secondary N) is 2. The summed E-state index contributed by atoms with van der Waals surface area (Å²) in [6, 6.07) is -2.39. The molecule has 0 radical (unpaired) electrons. The fourth-order valence-electron chi connectivity index (χ4n) is 5.06. The van der Waals surface area contributed by atoms with Crippen molar-refractivity contribution in [1.82, 2.24) is 10.6 Å². The van der Waals surface area contributed by atoms with Gasteiger partial charge in [-0.05, 0) is 31.6 Å². The number of Topliss-reactive ketones (excluding diaryl/α,β-unsaturated/α-hetero) is 1. The number of carboxylic acids is 3. The molecule has 0 spiro atoms. The summed E-state index contributed by atoms with van der Waals surface area (Å²) < 4.78 is 0. The third-order valence-corrected chi connectivity index (χ3v) is 9.00. The lowest BCUT2D eigenvalue weighted by Crippen LogP contribution is -2.49. The Morgan fingerprint density at radius 3 is 2.32 bits per heavy atom. The van der Waals surface area contributed by atoms with Crippen molar-refractivity contribution in [2.24, 2.45) is 17.6 Å². The second-order valence-electron chi connectivity index (χ2n) is 11.2. The number of carboxylic acid groups (broad SMARTS) is 3. The van der Waals surface area contributed by atoms with Crippen LogP contribution in [0.2, 0.25) is 0 Å². The van der Waals surface area contributed by atoms with Crippen molar-refractivity contribution in [2.45, 2.75) is 114 Å². The standard InChI is InChI=1S/C30H49N3O10S/c1-2-3-6-9-19(34)12-13-21-20(10-7-4-5-8-11-27(37)38)24(35)16-25(21)44-18-23(29(41)32-17-28(39)40)33-26(36)15-14-22(31)30(42)43/h12-13,19-23,25,34H,2-11,14-18,31H2,1H3,(H,32,41)(H,33,36)(H,37,38)(H,39,40)(H,42,43)/b13-12+/t19-,20?,21+,22-,23-,25?/m0/s1. The number of ketones is 1. The molecule has 2 amide bonds. The summed E-state index contributed by atoms with van der Waals surface area (Å²) in [4.78, 5) is 71.1. The maximum absolute atomic E-state index is 13.1. The lowest BCUT2D eigenvalue weighted by Gasteiger charge is -2.24. The maximum atomic E-state index is 13.1. The van der Waals surface area contributed by atoms with E-state index in [1.54, 1.807) is 6.08 Å². The van der Waals surface area contributed by atoms with E-state index < -0.39 is 54.5 Å². The first-order chi connectivity index (χ1) is 20.8. The van der Waals surface area contributed by atoms with Crippen molar-refractivity contribution in [2.75, 3.05) is 12.3 Å². The van der Waals surface area contributed by atoms with Crippen LogP contribution in [0.3, 0.4) is 0 Å². The molecule has 0 heterocycles. The van der Waals surface area contributed by atoms with Crippen LogP contribution in [0.1, 0.15) is 90.4 Å². The van der Waals surface area contributed by atoms with Gasteiger partial charge in [-0.1, -0.05) is 57.6 Å². The van der Waals surface area contributed by atoms with Crippen LogP contribution < -0.4 is 16.4 Å². The summed E-state index contributed by atoms with van der Waals surface area (Å²) in [5, 5.41) is 41.8. The van der Waals surface area contributed by atoms with Gasteiger partial charge in [0, 0.05) is 36.2 Å². The second kappa shape index (κ2) is 21.7. The Hall–Kier alpha value is -2.97. The van der Waals surface area contributed by atoms with Crippen LogP contribution in [-0.4, -0.2) is 91.7 Å². The molecule has 250 valence electrons. The Kier molecular flexibility index (Phi) is 19.2. The van der Waals surface area contributed by atoms with Gasteiger partial charge in [-0.2, -0.15) is 11.8 Å². The first kappa shape index (κ1) is 39.1. The van der Waals surface area contributed by atoms with E-state index in [1.807, 2.05) is 6.08 Å². The summed E-state index contributed by atoms with van der Waals surface area (Å²) in [6.07, 6.45) is 9.78. The topological polar surface area (TPSA) is 233 Å². The molecule has 0 aromatic heterocycles. The van der Waals surface area contributed by atoms with Gasteiger partial charge in [-0.25, -0.2) is 0 Å². The van der Waals surface area contributed by atoms with Crippen molar-refractivity contribution in [3.8, 4) is 0 Å². The third kappa shape index (κ3) is 16.2. The molecule has 1 saturated carbocycles. The molecule has 1 fully saturated rings. The van der Waals surface area contributed by atoms with Crippen LogP contribution in [0, 0.1) is 11.8 Å². The minimum Gasteiger partial charge on any atom is -0.481 e. The number of aliphatic hydroxyl groups excluding tert-OH is 1. The molecule has 8 N–H and O–H groups in total. The largest absolute Gasteiger partial charge is 0.481 e. The Morgan fingerprint density at radius 2 is 1.68 bits per heavy atom. The molecule has 0 aliphatic heterocycles. The summed E-state index contributed by atoms with van der Waals surface area (Å²) >= 11 is 1.30. The highest BCUT2D eigenvalue weighted by Gasteiger charge is 2.41. The zero-order chi connectivity index (χ0) is 33.1. The number of allylic oxidation sites excluding steroid dienone is 1. The van der Waals surface area contributed by atoms with Gasteiger partial charge in [0.25, 0.3) is 0 Å². The zero-order valence-corrected chi connectivity index (χ0v) is 26.3. The van der Waals surface area contributed by atoms with E-state index in [-0.39, 0.29) is 54.3 Å². The highest BCUT2D eigenvalue weighted by Crippen LogP contribution is 2.41. The van der Waals surface area contributed by atoms with Gasteiger partial charge in [0.1, 0.15) is 24.4 Å². The van der Waals surface area contributed by atoms with Gasteiger partial charge < -0.3 is 36.8 Å². The van der Waals surface area contributed by atoms with Gasteiger partial charge in [0.15, 0.2) is 0 Å². The SMILES string of the molecule is CCCCC[C@H](O)/C=C/[C@H]1C(SC[C@H](NC(=O)CC[C@H](N)C(=O)O)C(=O)NCC(=O)O)CC(=O)C1CCCCCCC(=O)O. The van der Waals surface area contributed by atoms with Crippen molar-refractivity contribution in [1.29, 1.82) is 0 Å². The number of nitrogens with two attached hydrogens (primary N) is 1. The van der Waals surface area contributed by atoms with Crippen LogP contribution in [0.15, 0.2) is 12.2 Å². The number of hydrogen-bond acceptors (Lipinski definition) is 9. The number of amides is 2. The van der Waals surface area contributed by atoms with Gasteiger partial charge in [-0.15, -0.1) is 0 Å². The first-order valence-corrected chi connectivity index (χ1v) is 16.4. The van der Waals surface area contributed by atoms with Crippen LogP contribution in [-0.2, 0) is 28.8 Å². The van der Waals surface area contributed by atoms with E-state index in [0.717, 1.165) is 38.5 Å². The average Bonchev–Trinajstić information content (AvgIpc) is 3.26. The number of carbonyl (C=O) groups excluding carboxylic acids is 3. The average molecular weight is 644 g/mol. The van der Waals surface area contributed by atoms with Gasteiger partial charge >= 0.3 is 17.9 Å². The Labute approximate surface area is 262 Å². The maximum Gasteiger partial charge on any atom is 0.322 e. The normalized spacial score (nSPS) is 20.2. The van der Waals surface area contributed by atoms with Crippen LogP contribution >= 0.6 is 11.8 Å². The van der Waals surface area contributed by atoms with Crippen molar-refractivity contribution in [3.05, 3.63) is 12.2 Å². The van der Waals surface area contributed by atoms with Gasteiger partial charge in [0.2, 0.25) is 11.8 Å². The number of rotatable bonds is 24. The van der Waals surface area contributed by atoms with Crippen LogP contribution in [0.4, 0.5) is 0 Å². The number of thioether (sulfide) groups is 1. The molecule has 0 aromatic rings. The fourth-order valence-corrected chi connectivity index (χ4v) is 6.52. The summed E-state index contributed by atoms with van der Waals surface area (Å²) in [5.74, 6) is -5.17. The molecule has 1 rings (SSSR count). The summed E-state index contributed by atoms with van der Waals surface area (Å²) in [5.41, 5.74) is 5.47. The molecule has 1 aliphatic carbocycles. The summed E-state index contributed by atoms with van der Waals surface area (Å²) in [6.45, 7) is 1.42. The molecule has 0 bridgehead atoms. The van der Waals surface area contributed by atoms with E-state index in [4.69, 9.17) is 21.1 Å². The highest BCUT2D eigenvalue weighted by atomic mass is 32.2. The number of carbonyl (C=O) groups is 6. The molecule has 14 heteroatoms. The molecule has 6 atom stereocenters. The molecular weight excluding hydrogens is 594 g/mol. The molecular formula is C30H49N3O10S. The predicted molar refractivity (Wildman–Crippen MR) is 165 cm³/mol. The van der Waals surface area contributed by atoms with E-state index in [2.05, 4.69) is 17.6 Å². The number of unbranched alkanes of at least 4 members (excludes halogenated alkanes) is 5. The molecule has 0 saturated heterocycles. The van der Waals surface area contributed by atoms with E-state index in [9.17, 15) is 33.9 Å². The molecule has 1 aliphatic rings. The fraction of sp³-hybridized carbons (Fsp3) is 0.733. The van der Waals surface area contributed by atoms with Crippen molar-refractivity contribution in [3.63, 3.8) is 0 Å². The minimum atomic E-state index is -1.27. The first-order valence-electron chi connectivity index (χ1n) is 15.3. The minimum absolute atomic E-state index is 0.0332. The zero-order valence-electron chi connectivity index (χ0n) is 25.4. The number of aliphatic carboxylic acids is 3. The number of hydrogen-bond donors (Lipinski definition) is 7. The highest BCUT2D eigenvalue weighted by molar-refractivity contribution is 8.00. The predicted octanol–water partition coefficient (Wildman–Crippen LogP) is 2.09. The Balaban J connectivity index is 2.99. The summed E-state index contributed by atoms with van der Waals surface area (Å²) in [7, 11) is 0.